The van der Waals surface area contributed by atoms with Gasteiger partial charge in [0.2, 0.25) is 0 Å². The van der Waals surface area contributed by atoms with Crippen LogP contribution in [0.25, 0.3) is 0 Å². The number of benzene rings is 1. The molecule has 0 atom stereocenters. The number of Topliss-reactive ketones (excluding diaryl/α,β-unsaturated/α-hetero) is 1. The fourth-order valence-corrected chi connectivity index (χ4v) is 2.77. The van der Waals surface area contributed by atoms with E-state index in [0.29, 0.717) is 13.1 Å². The maximum Gasteiger partial charge on any atom is 0.295 e. The minimum atomic E-state index is -0.656. The molecule has 6 heteroatoms. The lowest BCUT2D eigenvalue weighted by molar-refractivity contribution is -0.127. The summed E-state index contributed by atoms with van der Waals surface area (Å²) in [5.41, 5.74) is 0.0646. The largest absolute Gasteiger partial charge is 0.336 e. The summed E-state index contributed by atoms with van der Waals surface area (Å²) in [6.45, 7) is 1.22. The lowest BCUT2D eigenvalue weighted by Gasteiger charge is -2.26. The van der Waals surface area contributed by atoms with Crippen molar-refractivity contribution in [1.82, 2.24) is 4.90 Å². The van der Waals surface area contributed by atoms with Crippen molar-refractivity contribution in [3.8, 4) is 0 Å². The Balaban J connectivity index is 2.26. The van der Waals surface area contributed by atoms with Crippen LogP contribution in [-0.2, 0) is 4.79 Å². The summed E-state index contributed by atoms with van der Waals surface area (Å²) < 4.78 is 0. The molecule has 0 aliphatic carbocycles. The monoisotopic (exact) mass is 319 g/mol. The van der Waals surface area contributed by atoms with E-state index in [2.05, 4.69) is 0 Å². The van der Waals surface area contributed by atoms with Gasteiger partial charge < -0.3 is 4.90 Å². The van der Waals surface area contributed by atoms with E-state index >= 15 is 0 Å². The Morgan fingerprint density at radius 1 is 1.00 bits per heavy atom. The van der Waals surface area contributed by atoms with Crippen LogP contribution in [0.3, 0.4) is 0 Å². The molecule has 1 heterocycles. The Bertz CT molecular complexity index is 525. The second kappa shape index (κ2) is 6.12. The molecule has 102 valence electrons. The smallest absolute Gasteiger partial charge is 0.295 e. The molecule has 0 spiro atoms. The van der Waals surface area contributed by atoms with Gasteiger partial charge in [0.15, 0.2) is 0 Å². The number of rotatable bonds is 2. The summed E-state index contributed by atoms with van der Waals surface area (Å²) in [5, 5.41) is 0.523. The SMILES string of the molecule is O=C(C(=O)N1CCCCC1)c1cc(Cl)cc(Cl)c1Cl. The van der Waals surface area contributed by atoms with E-state index in [0.717, 1.165) is 19.3 Å². The van der Waals surface area contributed by atoms with Gasteiger partial charge in [-0.25, -0.2) is 0 Å². The van der Waals surface area contributed by atoms with Gasteiger partial charge >= 0.3 is 0 Å². The average Bonchev–Trinajstić information content (AvgIpc) is 2.42. The van der Waals surface area contributed by atoms with Gasteiger partial charge in [-0.3, -0.25) is 9.59 Å². The molecule has 0 radical (unpaired) electrons. The van der Waals surface area contributed by atoms with Gasteiger partial charge in [-0.15, -0.1) is 0 Å². The highest BCUT2D eigenvalue weighted by Crippen LogP contribution is 2.30. The van der Waals surface area contributed by atoms with E-state index in [1.165, 1.54) is 12.1 Å². The van der Waals surface area contributed by atoms with Crippen molar-refractivity contribution in [2.75, 3.05) is 13.1 Å². The molecule has 0 bridgehead atoms. The number of piperidine rings is 1. The Hall–Kier alpha value is -0.770. The molecule has 1 saturated heterocycles. The average molecular weight is 321 g/mol. The van der Waals surface area contributed by atoms with Gasteiger partial charge in [0.1, 0.15) is 0 Å². The van der Waals surface area contributed by atoms with Crippen LogP contribution in [0.1, 0.15) is 29.6 Å². The second-order valence-corrected chi connectivity index (χ2v) is 5.65. The molecule has 1 fully saturated rings. The summed E-state index contributed by atoms with van der Waals surface area (Å²) in [5.74, 6) is -1.20. The van der Waals surface area contributed by atoms with Gasteiger partial charge in [0.25, 0.3) is 11.7 Å². The third-order valence-corrected chi connectivity index (χ3v) is 4.10. The van der Waals surface area contributed by atoms with E-state index in [4.69, 9.17) is 34.8 Å². The normalized spacial score (nSPS) is 15.4. The van der Waals surface area contributed by atoms with E-state index < -0.39 is 11.7 Å². The first-order valence-corrected chi connectivity index (χ1v) is 7.12. The number of likely N-dealkylation sites (tertiary alicyclic amines) is 1. The highest BCUT2D eigenvalue weighted by Gasteiger charge is 2.27. The number of hydrogen-bond donors (Lipinski definition) is 0. The minimum Gasteiger partial charge on any atom is -0.336 e. The predicted octanol–water partition coefficient (Wildman–Crippen LogP) is 3.84. The zero-order valence-electron chi connectivity index (χ0n) is 10.1. The molecule has 1 aliphatic rings. The van der Waals surface area contributed by atoms with Gasteiger partial charge in [-0.1, -0.05) is 34.8 Å². The van der Waals surface area contributed by atoms with Crippen LogP contribution in [0, 0.1) is 0 Å². The molecular formula is C13H12Cl3NO2. The van der Waals surface area contributed by atoms with Crippen molar-refractivity contribution in [2.45, 2.75) is 19.3 Å². The second-order valence-electron chi connectivity index (χ2n) is 4.43. The third-order valence-electron chi connectivity index (χ3n) is 3.08. The van der Waals surface area contributed by atoms with Crippen molar-refractivity contribution < 1.29 is 9.59 Å². The van der Waals surface area contributed by atoms with Gasteiger partial charge in [-0.2, -0.15) is 0 Å². The molecule has 0 aromatic heterocycles. The topological polar surface area (TPSA) is 37.4 Å². The number of carbonyl (C=O) groups excluding carboxylic acids is 2. The summed E-state index contributed by atoms with van der Waals surface area (Å²) in [6.07, 6.45) is 2.92. The molecule has 0 N–H and O–H groups in total. The van der Waals surface area contributed by atoms with Crippen molar-refractivity contribution in [2.24, 2.45) is 0 Å². The number of halogens is 3. The van der Waals surface area contributed by atoms with Crippen LogP contribution in [-0.4, -0.2) is 29.7 Å². The summed E-state index contributed by atoms with van der Waals surface area (Å²) in [7, 11) is 0. The van der Waals surface area contributed by atoms with Gasteiger partial charge in [0.05, 0.1) is 10.0 Å². The van der Waals surface area contributed by atoms with Crippen LogP contribution in [0.2, 0.25) is 15.1 Å². The van der Waals surface area contributed by atoms with E-state index in [1.807, 2.05) is 0 Å². The highest BCUT2D eigenvalue weighted by molar-refractivity contribution is 6.50. The van der Waals surface area contributed by atoms with Crippen molar-refractivity contribution in [3.63, 3.8) is 0 Å². The Kier molecular flexibility index (Phi) is 4.71. The zero-order valence-corrected chi connectivity index (χ0v) is 12.4. The van der Waals surface area contributed by atoms with Crippen LogP contribution >= 0.6 is 34.8 Å². The molecule has 0 saturated carbocycles. The van der Waals surface area contributed by atoms with Crippen molar-refractivity contribution >= 4 is 46.5 Å². The van der Waals surface area contributed by atoms with Crippen LogP contribution in [0.4, 0.5) is 0 Å². The third kappa shape index (κ3) is 3.22. The zero-order chi connectivity index (χ0) is 14.0. The lowest BCUT2D eigenvalue weighted by atomic mass is 10.1. The van der Waals surface area contributed by atoms with Crippen LogP contribution < -0.4 is 0 Å². The van der Waals surface area contributed by atoms with Crippen LogP contribution in [0.5, 0.6) is 0 Å². The lowest BCUT2D eigenvalue weighted by Crippen LogP contribution is -2.40. The quantitative estimate of drug-likeness (QED) is 0.471. The molecule has 1 aromatic rings. The number of carbonyl (C=O) groups is 2. The number of ketones is 1. The van der Waals surface area contributed by atoms with Crippen molar-refractivity contribution in [3.05, 3.63) is 32.8 Å². The summed E-state index contributed by atoms with van der Waals surface area (Å²) in [6, 6.07) is 2.81. The fourth-order valence-electron chi connectivity index (χ4n) is 2.08. The molecule has 2 rings (SSSR count). The standard InChI is InChI=1S/C13H12Cl3NO2/c14-8-6-9(11(16)10(15)7-8)12(18)13(19)17-4-2-1-3-5-17/h6-7H,1-5H2. The minimum absolute atomic E-state index is 0.0646. The van der Waals surface area contributed by atoms with Crippen molar-refractivity contribution in [1.29, 1.82) is 0 Å². The maximum atomic E-state index is 12.2. The summed E-state index contributed by atoms with van der Waals surface area (Å²) in [4.78, 5) is 25.8. The Labute approximate surface area is 126 Å². The molecule has 1 amide bonds. The maximum absolute atomic E-state index is 12.2. The molecule has 3 nitrogen and oxygen atoms in total. The van der Waals surface area contributed by atoms with E-state index in [1.54, 1.807) is 4.90 Å². The number of amides is 1. The molecule has 1 aromatic carbocycles. The molecule has 19 heavy (non-hydrogen) atoms. The first-order chi connectivity index (χ1) is 9.00. The first-order valence-electron chi connectivity index (χ1n) is 5.99. The predicted molar refractivity (Wildman–Crippen MR) is 76.2 cm³/mol. The van der Waals surface area contributed by atoms with Crippen LogP contribution in [0.15, 0.2) is 12.1 Å². The molecular weight excluding hydrogens is 309 g/mol. The van der Waals surface area contributed by atoms with E-state index in [-0.39, 0.29) is 20.6 Å². The Morgan fingerprint density at radius 2 is 1.63 bits per heavy atom. The molecule has 0 unspecified atom stereocenters. The number of hydrogen-bond acceptors (Lipinski definition) is 2. The van der Waals surface area contributed by atoms with E-state index in [9.17, 15) is 9.59 Å². The first kappa shape index (κ1) is 14.6. The number of nitrogens with zero attached hydrogens (tertiary/aromatic N) is 1. The molecule has 1 aliphatic heterocycles. The summed E-state index contributed by atoms with van der Waals surface area (Å²) >= 11 is 17.7. The Morgan fingerprint density at radius 3 is 2.26 bits per heavy atom. The van der Waals surface area contributed by atoms with Gasteiger partial charge in [0, 0.05) is 23.7 Å². The fraction of sp³-hybridized carbons (Fsp3) is 0.385. The van der Waals surface area contributed by atoms with Gasteiger partial charge in [-0.05, 0) is 31.4 Å². The highest BCUT2D eigenvalue weighted by atomic mass is 35.5.